The fourth-order valence-electron chi connectivity index (χ4n) is 1.70. The molecule has 0 saturated heterocycles. The van der Waals surface area contributed by atoms with Crippen LogP contribution in [0.2, 0.25) is 5.22 Å². The van der Waals surface area contributed by atoms with Crippen molar-refractivity contribution in [1.82, 2.24) is 0 Å². The molecule has 1 unspecified atom stereocenters. The van der Waals surface area contributed by atoms with Crippen molar-refractivity contribution in [2.45, 2.75) is 45.4 Å². The topological polar surface area (TPSA) is 13.1 Å². The van der Waals surface area contributed by atoms with Crippen LogP contribution < -0.4 is 0 Å². The molecule has 74 valence electrons. The molecule has 1 aromatic rings. The third-order valence-electron chi connectivity index (χ3n) is 2.85. The van der Waals surface area contributed by atoms with Gasteiger partial charge in [-0.3, -0.25) is 0 Å². The van der Waals surface area contributed by atoms with Crippen molar-refractivity contribution in [3.05, 3.63) is 23.1 Å². The molecule has 1 atom stereocenters. The Bertz CT molecular complexity index is 267. The molecule has 1 nitrogen and oxygen atoms in total. The Morgan fingerprint density at radius 2 is 2.15 bits per heavy atom. The fraction of sp³-hybridized carbons (Fsp3) is 0.636. The van der Waals surface area contributed by atoms with Gasteiger partial charge in [0, 0.05) is 0 Å². The predicted octanol–water partition coefficient (Wildman–Crippen LogP) is 4.40. The number of furan rings is 1. The average molecular weight is 201 g/mol. The molecule has 0 saturated carbocycles. The van der Waals surface area contributed by atoms with Crippen LogP contribution in [0.3, 0.4) is 0 Å². The quantitative estimate of drug-likeness (QED) is 0.702. The summed E-state index contributed by atoms with van der Waals surface area (Å²) < 4.78 is 5.12. The minimum atomic E-state index is 0.228. The molecule has 0 aliphatic carbocycles. The summed E-state index contributed by atoms with van der Waals surface area (Å²) >= 11 is 5.76. The van der Waals surface area contributed by atoms with E-state index < -0.39 is 0 Å². The van der Waals surface area contributed by atoms with Crippen LogP contribution in [0, 0.1) is 0 Å². The minimum absolute atomic E-state index is 0.228. The lowest BCUT2D eigenvalue weighted by Crippen LogP contribution is -2.19. The van der Waals surface area contributed by atoms with E-state index in [4.69, 9.17) is 16.0 Å². The Hall–Kier alpha value is -0.430. The summed E-state index contributed by atoms with van der Waals surface area (Å²) in [5.74, 6) is 0. The molecule has 0 bridgehead atoms. The van der Waals surface area contributed by atoms with Crippen LogP contribution >= 0.6 is 11.6 Å². The Morgan fingerprint density at radius 3 is 2.54 bits per heavy atom. The molecule has 13 heavy (non-hydrogen) atoms. The first-order valence-electron chi connectivity index (χ1n) is 4.87. The van der Waals surface area contributed by atoms with E-state index in [2.05, 4.69) is 20.8 Å². The first-order chi connectivity index (χ1) is 6.12. The molecule has 0 aliphatic rings. The Kier molecular flexibility index (Phi) is 3.43. The smallest absolute Gasteiger partial charge is 0.193 e. The largest absolute Gasteiger partial charge is 0.453 e. The van der Waals surface area contributed by atoms with Crippen LogP contribution in [0.4, 0.5) is 0 Å². The molecular weight excluding hydrogens is 184 g/mol. The van der Waals surface area contributed by atoms with Crippen molar-refractivity contribution >= 4 is 11.6 Å². The van der Waals surface area contributed by atoms with E-state index in [9.17, 15) is 0 Å². The number of halogens is 1. The second kappa shape index (κ2) is 4.19. The summed E-state index contributed by atoms with van der Waals surface area (Å²) in [5.41, 5.74) is 1.45. The van der Waals surface area contributed by atoms with Gasteiger partial charge in [0.05, 0.1) is 6.26 Å². The van der Waals surface area contributed by atoms with Gasteiger partial charge in [-0.1, -0.05) is 27.2 Å². The van der Waals surface area contributed by atoms with Crippen LogP contribution in [0.15, 0.2) is 16.7 Å². The van der Waals surface area contributed by atoms with Gasteiger partial charge in [0.1, 0.15) is 0 Å². The maximum Gasteiger partial charge on any atom is 0.193 e. The molecule has 0 radical (unpaired) electrons. The van der Waals surface area contributed by atoms with E-state index in [1.165, 1.54) is 18.4 Å². The SMILES string of the molecule is CCCC(C)(CC)c1coc(Cl)c1. The lowest BCUT2D eigenvalue weighted by Gasteiger charge is -2.26. The first-order valence-corrected chi connectivity index (χ1v) is 5.24. The average Bonchev–Trinajstić information content (AvgIpc) is 2.52. The minimum Gasteiger partial charge on any atom is -0.453 e. The molecule has 1 rings (SSSR count). The van der Waals surface area contributed by atoms with Crippen LogP contribution in [-0.4, -0.2) is 0 Å². The normalized spacial score (nSPS) is 15.7. The molecular formula is C11H17ClO. The third-order valence-corrected chi connectivity index (χ3v) is 3.04. The van der Waals surface area contributed by atoms with E-state index in [1.807, 2.05) is 6.07 Å². The second-order valence-corrected chi connectivity index (χ2v) is 4.18. The monoisotopic (exact) mass is 200 g/mol. The number of hydrogen-bond donors (Lipinski definition) is 0. The van der Waals surface area contributed by atoms with E-state index in [1.54, 1.807) is 6.26 Å². The molecule has 1 aromatic heterocycles. The molecule has 0 aromatic carbocycles. The highest BCUT2D eigenvalue weighted by molar-refractivity contribution is 6.28. The van der Waals surface area contributed by atoms with E-state index in [0.29, 0.717) is 5.22 Å². The van der Waals surface area contributed by atoms with Crippen molar-refractivity contribution in [3.63, 3.8) is 0 Å². The summed E-state index contributed by atoms with van der Waals surface area (Å²) in [7, 11) is 0. The van der Waals surface area contributed by atoms with Gasteiger partial charge < -0.3 is 4.42 Å². The zero-order valence-corrected chi connectivity index (χ0v) is 9.32. The fourth-order valence-corrected chi connectivity index (χ4v) is 1.87. The van der Waals surface area contributed by atoms with Gasteiger partial charge >= 0.3 is 0 Å². The summed E-state index contributed by atoms with van der Waals surface area (Å²) in [5, 5.41) is 0.491. The zero-order valence-electron chi connectivity index (χ0n) is 8.56. The number of hydrogen-bond acceptors (Lipinski definition) is 1. The van der Waals surface area contributed by atoms with Crippen molar-refractivity contribution in [1.29, 1.82) is 0 Å². The van der Waals surface area contributed by atoms with E-state index in [-0.39, 0.29) is 5.41 Å². The lowest BCUT2D eigenvalue weighted by atomic mass is 9.78. The predicted molar refractivity (Wildman–Crippen MR) is 56.3 cm³/mol. The molecule has 0 aliphatic heterocycles. The lowest BCUT2D eigenvalue weighted by molar-refractivity contribution is 0.408. The second-order valence-electron chi connectivity index (χ2n) is 3.80. The maximum absolute atomic E-state index is 5.76. The summed E-state index contributed by atoms with van der Waals surface area (Å²) in [4.78, 5) is 0. The van der Waals surface area contributed by atoms with Crippen molar-refractivity contribution in [2.24, 2.45) is 0 Å². The Labute approximate surface area is 85.1 Å². The van der Waals surface area contributed by atoms with Crippen LogP contribution in [0.1, 0.15) is 45.6 Å². The van der Waals surface area contributed by atoms with Gasteiger partial charge in [-0.25, -0.2) is 0 Å². The maximum atomic E-state index is 5.76. The Morgan fingerprint density at radius 1 is 1.46 bits per heavy atom. The van der Waals surface area contributed by atoms with Crippen molar-refractivity contribution in [2.75, 3.05) is 0 Å². The van der Waals surface area contributed by atoms with Crippen molar-refractivity contribution in [3.8, 4) is 0 Å². The summed E-state index contributed by atoms with van der Waals surface area (Å²) in [6.45, 7) is 6.67. The molecule has 2 heteroatoms. The highest BCUT2D eigenvalue weighted by atomic mass is 35.5. The summed E-state index contributed by atoms with van der Waals surface area (Å²) in [6.07, 6.45) is 5.27. The molecule has 0 amide bonds. The highest BCUT2D eigenvalue weighted by Crippen LogP contribution is 2.34. The number of rotatable bonds is 4. The van der Waals surface area contributed by atoms with Gasteiger partial charge in [-0.05, 0) is 41.5 Å². The van der Waals surface area contributed by atoms with Crippen LogP contribution in [0.5, 0.6) is 0 Å². The molecule has 0 spiro atoms. The van der Waals surface area contributed by atoms with Gasteiger partial charge in [0.2, 0.25) is 0 Å². The van der Waals surface area contributed by atoms with Gasteiger partial charge in [-0.2, -0.15) is 0 Å². The molecule has 0 fully saturated rings. The standard InChI is InChI=1S/C11H17ClO/c1-4-6-11(3,5-2)9-7-10(12)13-8-9/h7-8H,4-6H2,1-3H3. The summed E-state index contributed by atoms with van der Waals surface area (Å²) in [6, 6.07) is 1.93. The Balaban J connectivity index is 2.88. The van der Waals surface area contributed by atoms with E-state index >= 15 is 0 Å². The molecule has 0 N–H and O–H groups in total. The van der Waals surface area contributed by atoms with Gasteiger partial charge in [0.15, 0.2) is 5.22 Å². The first kappa shape index (κ1) is 10.6. The van der Waals surface area contributed by atoms with Crippen LogP contribution in [-0.2, 0) is 5.41 Å². The van der Waals surface area contributed by atoms with Gasteiger partial charge in [-0.15, -0.1) is 0 Å². The van der Waals surface area contributed by atoms with E-state index in [0.717, 1.165) is 6.42 Å². The zero-order chi connectivity index (χ0) is 9.90. The van der Waals surface area contributed by atoms with Crippen LogP contribution in [0.25, 0.3) is 0 Å². The third kappa shape index (κ3) is 2.28. The van der Waals surface area contributed by atoms with Crippen molar-refractivity contribution < 1.29 is 4.42 Å². The molecule has 1 heterocycles. The highest BCUT2D eigenvalue weighted by Gasteiger charge is 2.25. The van der Waals surface area contributed by atoms with Gasteiger partial charge in [0.25, 0.3) is 0 Å².